The Morgan fingerprint density at radius 3 is 2.47 bits per heavy atom. The number of anilines is 3. The van der Waals surface area contributed by atoms with E-state index in [4.69, 9.17) is 5.73 Å². The molecule has 0 aliphatic carbocycles. The van der Waals surface area contributed by atoms with E-state index in [1.807, 2.05) is 6.92 Å². The van der Waals surface area contributed by atoms with Crippen molar-refractivity contribution in [3.8, 4) is 5.69 Å². The predicted molar refractivity (Wildman–Crippen MR) is 136 cm³/mol. The first-order valence-electron chi connectivity index (χ1n) is 11.3. The number of halogens is 2. The van der Waals surface area contributed by atoms with Crippen LogP contribution in [-0.2, 0) is 0 Å². The zero-order chi connectivity index (χ0) is 26.1. The van der Waals surface area contributed by atoms with Gasteiger partial charge in [0.25, 0.3) is 11.5 Å². The number of aromatic nitrogens is 2. The monoisotopic (exact) mass is 495 g/mol. The fourth-order valence-corrected chi connectivity index (χ4v) is 4.37. The Hall–Kier alpha value is -4.12. The van der Waals surface area contributed by atoms with Crippen LogP contribution in [0.5, 0.6) is 0 Å². The summed E-state index contributed by atoms with van der Waals surface area (Å²) in [6, 6.07) is 8.93. The average molecular weight is 496 g/mol. The third kappa shape index (κ3) is 4.57. The van der Waals surface area contributed by atoms with Crippen LogP contribution in [0.4, 0.5) is 25.8 Å². The van der Waals surface area contributed by atoms with E-state index in [2.05, 4.69) is 34.1 Å². The van der Waals surface area contributed by atoms with Gasteiger partial charge in [0, 0.05) is 39.0 Å². The van der Waals surface area contributed by atoms with Crippen molar-refractivity contribution in [3.63, 3.8) is 0 Å². The van der Waals surface area contributed by atoms with Crippen LogP contribution in [0, 0.1) is 24.5 Å². The first kappa shape index (κ1) is 25.0. The summed E-state index contributed by atoms with van der Waals surface area (Å²) < 4.78 is 29.1. The van der Waals surface area contributed by atoms with Crippen molar-refractivity contribution in [2.45, 2.75) is 19.9 Å². The van der Waals surface area contributed by atoms with E-state index in [1.165, 1.54) is 12.1 Å². The molecule has 0 saturated carbocycles. The molecule has 0 radical (unpaired) electrons. The number of para-hydroxylation sites is 1. The van der Waals surface area contributed by atoms with E-state index >= 15 is 0 Å². The molecule has 11 heteroatoms. The van der Waals surface area contributed by atoms with Crippen molar-refractivity contribution < 1.29 is 13.6 Å². The van der Waals surface area contributed by atoms with Gasteiger partial charge in [-0.15, -0.1) is 0 Å². The van der Waals surface area contributed by atoms with Crippen LogP contribution in [0.15, 0.2) is 52.4 Å². The molecule has 188 valence electrons. The van der Waals surface area contributed by atoms with Crippen molar-refractivity contribution in [2.24, 2.45) is 16.8 Å². The number of hydrogen-bond donors (Lipinski definition) is 2. The Morgan fingerprint density at radius 2 is 1.86 bits per heavy atom. The lowest BCUT2D eigenvalue weighted by molar-refractivity contribution is 0.102. The number of benzene rings is 2. The number of hydrogen-bond acceptors (Lipinski definition) is 7. The fraction of sp³-hybridized carbons (Fsp3) is 0.280. The summed E-state index contributed by atoms with van der Waals surface area (Å²) in [6.45, 7) is 8.83. The predicted octanol–water partition coefficient (Wildman–Crippen LogP) is 2.91. The zero-order valence-electron chi connectivity index (χ0n) is 20.2. The third-order valence-corrected chi connectivity index (χ3v) is 6.38. The first-order chi connectivity index (χ1) is 17.1. The van der Waals surface area contributed by atoms with Crippen molar-refractivity contribution in [1.29, 1.82) is 0 Å². The molecular weight excluding hydrogens is 468 g/mol. The molecule has 2 atom stereocenters. The molecule has 1 fully saturated rings. The average Bonchev–Trinajstić information content (AvgIpc) is 3.17. The normalized spacial score (nSPS) is 17.2. The van der Waals surface area contributed by atoms with Gasteiger partial charge >= 0.3 is 0 Å². The molecule has 1 aromatic heterocycles. The Balaban J connectivity index is 1.74. The van der Waals surface area contributed by atoms with Gasteiger partial charge in [0.05, 0.1) is 17.1 Å². The topological polar surface area (TPSA) is 109 Å². The summed E-state index contributed by atoms with van der Waals surface area (Å²) in [5, 5.41) is 12.4. The first-order valence-corrected chi connectivity index (χ1v) is 11.3. The second kappa shape index (κ2) is 9.86. The standard InChI is InChI=1S/C25H27F2N7O2/c1-14-12-33(13-18(14)28)23-15(2)21(32(4)29-3)10-8-19(23)30-25(36)20-9-11-22(35)34(31-20)24-16(26)6-5-7-17(24)27/h5-11,14,18H,3,12-13,28H2,1-2,4H3,(H,30,36)/t14-,18+/m1/s1. The number of nitrogens with one attached hydrogen (secondary N) is 1. The molecule has 0 bridgehead atoms. The molecule has 1 amide bonds. The minimum Gasteiger partial charge on any atom is -0.368 e. The number of nitrogens with zero attached hydrogens (tertiary/aromatic N) is 5. The van der Waals surface area contributed by atoms with Crippen molar-refractivity contribution in [3.05, 3.63) is 75.7 Å². The van der Waals surface area contributed by atoms with Gasteiger partial charge in [0.1, 0.15) is 11.4 Å². The van der Waals surface area contributed by atoms with Crippen LogP contribution in [0.2, 0.25) is 0 Å². The highest BCUT2D eigenvalue weighted by molar-refractivity contribution is 6.05. The summed E-state index contributed by atoms with van der Waals surface area (Å²) in [5.41, 5.74) is 7.55. The molecular formula is C25H27F2N7O2. The highest BCUT2D eigenvalue weighted by Crippen LogP contribution is 2.38. The number of amides is 1. The van der Waals surface area contributed by atoms with Crippen LogP contribution in [-0.4, -0.2) is 48.6 Å². The summed E-state index contributed by atoms with van der Waals surface area (Å²) in [7, 11) is 1.77. The molecule has 36 heavy (non-hydrogen) atoms. The van der Waals surface area contributed by atoms with Gasteiger partial charge in [-0.25, -0.2) is 8.78 Å². The van der Waals surface area contributed by atoms with Gasteiger partial charge in [-0.1, -0.05) is 13.0 Å². The molecule has 1 saturated heterocycles. The largest absolute Gasteiger partial charge is 0.368 e. The van der Waals surface area contributed by atoms with Crippen LogP contribution in [0.25, 0.3) is 5.69 Å². The summed E-state index contributed by atoms with van der Waals surface area (Å²) >= 11 is 0. The van der Waals surface area contributed by atoms with Gasteiger partial charge in [-0.2, -0.15) is 14.9 Å². The Bertz CT molecular complexity index is 1360. The Morgan fingerprint density at radius 1 is 1.17 bits per heavy atom. The molecule has 9 nitrogen and oxygen atoms in total. The van der Waals surface area contributed by atoms with E-state index in [9.17, 15) is 18.4 Å². The summed E-state index contributed by atoms with van der Waals surface area (Å²) in [4.78, 5) is 27.6. The number of nitrogens with two attached hydrogens (primary N) is 1. The maximum absolute atomic E-state index is 14.3. The lowest BCUT2D eigenvalue weighted by Gasteiger charge is -2.27. The second-order valence-corrected chi connectivity index (χ2v) is 8.81. The van der Waals surface area contributed by atoms with Crippen LogP contribution in [0.3, 0.4) is 0 Å². The molecule has 2 heterocycles. The smallest absolute Gasteiger partial charge is 0.276 e. The van der Waals surface area contributed by atoms with Crippen molar-refractivity contribution in [1.82, 2.24) is 9.78 Å². The number of hydrazone groups is 1. The molecule has 1 aliphatic heterocycles. The maximum atomic E-state index is 14.3. The SMILES string of the molecule is C=NN(C)c1ccc(NC(=O)c2ccc(=O)n(-c3c(F)cccc3F)n2)c(N2C[C@@H](C)[C@@H](N)C2)c1C. The quantitative estimate of drug-likeness (QED) is 0.402. The molecule has 4 rings (SSSR count). The fourth-order valence-electron chi connectivity index (χ4n) is 4.37. The lowest BCUT2D eigenvalue weighted by Crippen LogP contribution is -2.30. The van der Waals surface area contributed by atoms with E-state index < -0.39 is 28.8 Å². The number of rotatable bonds is 6. The second-order valence-electron chi connectivity index (χ2n) is 8.81. The van der Waals surface area contributed by atoms with Crippen molar-refractivity contribution >= 4 is 29.7 Å². The molecule has 3 N–H and O–H groups in total. The summed E-state index contributed by atoms with van der Waals surface area (Å²) in [6.07, 6.45) is 0. The molecule has 1 aliphatic rings. The number of carbonyl (C=O) groups is 1. The van der Waals surface area contributed by atoms with Gasteiger partial charge in [-0.3, -0.25) is 14.6 Å². The lowest BCUT2D eigenvalue weighted by atomic mass is 10.1. The van der Waals surface area contributed by atoms with Crippen LogP contribution < -0.4 is 26.5 Å². The van der Waals surface area contributed by atoms with Gasteiger partial charge < -0.3 is 16.0 Å². The molecule has 2 aromatic carbocycles. The van der Waals surface area contributed by atoms with Gasteiger partial charge in [-0.05, 0) is 48.7 Å². The van der Waals surface area contributed by atoms with Gasteiger partial charge in [0.2, 0.25) is 0 Å². The molecule has 3 aromatic rings. The third-order valence-electron chi connectivity index (χ3n) is 6.38. The summed E-state index contributed by atoms with van der Waals surface area (Å²) in [5.74, 6) is -2.36. The Kier molecular flexibility index (Phi) is 6.84. The van der Waals surface area contributed by atoms with Crippen LogP contribution in [0.1, 0.15) is 23.0 Å². The minimum atomic E-state index is -0.977. The van der Waals surface area contributed by atoms with Crippen molar-refractivity contribution in [2.75, 3.05) is 35.4 Å². The van der Waals surface area contributed by atoms with E-state index in [0.29, 0.717) is 23.5 Å². The minimum absolute atomic E-state index is 0.0345. The highest BCUT2D eigenvalue weighted by Gasteiger charge is 2.30. The van der Waals surface area contributed by atoms with E-state index in [-0.39, 0.29) is 17.7 Å². The molecule has 0 spiro atoms. The molecule has 0 unspecified atom stereocenters. The maximum Gasteiger partial charge on any atom is 0.276 e. The van der Waals surface area contributed by atoms with E-state index in [0.717, 1.165) is 35.1 Å². The number of carbonyl (C=O) groups excluding carboxylic acids is 1. The highest BCUT2D eigenvalue weighted by atomic mass is 19.1. The zero-order valence-corrected chi connectivity index (χ0v) is 20.2. The van der Waals surface area contributed by atoms with Crippen LogP contribution >= 0.6 is 0 Å². The van der Waals surface area contributed by atoms with E-state index in [1.54, 1.807) is 24.2 Å². The Labute approximate surface area is 206 Å². The van der Waals surface area contributed by atoms with Gasteiger partial charge in [0.15, 0.2) is 11.6 Å².